The first-order valence-electron chi connectivity index (χ1n) is 11.3. The van der Waals surface area contributed by atoms with E-state index in [-0.39, 0.29) is 12.5 Å². The maximum absolute atomic E-state index is 13.6. The molecule has 5 rings (SSSR count). The van der Waals surface area contributed by atoms with E-state index in [1.165, 1.54) is 12.1 Å². The largest absolute Gasteiger partial charge is 0.416 e. The molecule has 1 amide bonds. The lowest BCUT2D eigenvalue weighted by atomic mass is 9.99. The molecule has 0 N–H and O–H groups in total. The van der Waals surface area contributed by atoms with Crippen molar-refractivity contribution in [3.8, 4) is 0 Å². The van der Waals surface area contributed by atoms with Crippen molar-refractivity contribution in [1.82, 2.24) is 14.7 Å². The number of carbonyl (C=O) groups is 1. The minimum atomic E-state index is -4.39. The molecule has 0 saturated carbocycles. The summed E-state index contributed by atoms with van der Waals surface area (Å²) in [7, 11) is 0. The predicted molar refractivity (Wildman–Crippen MR) is 124 cm³/mol. The van der Waals surface area contributed by atoms with Crippen LogP contribution in [0.5, 0.6) is 0 Å². The molecular weight excluding hydrogens is 465 g/mol. The van der Waals surface area contributed by atoms with Gasteiger partial charge in [-0.2, -0.15) is 13.2 Å². The second-order valence-corrected chi connectivity index (χ2v) is 9.23. The van der Waals surface area contributed by atoms with Crippen molar-refractivity contribution in [3.63, 3.8) is 0 Å². The third-order valence-electron chi connectivity index (χ3n) is 6.42. The zero-order valence-electron chi connectivity index (χ0n) is 18.5. The van der Waals surface area contributed by atoms with E-state index in [4.69, 9.17) is 11.6 Å². The second-order valence-electron chi connectivity index (χ2n) is 8.79. The number of fused-ring (bicyclic) bond motifs is 2. The fraction of sp³-hybridized carbons (Fsp3) is 0.360. The molecular formula is C25H24ClF3N4O. The van der Waals surface area contributed by atoms with Gasteiger partial charge in [0.05, 0.1) is 17.7 Å². The Kier molecular flexibility index (Phi) is 6.12. The monoisotopic (exact) mass is 488 g/mol. The van der Waals surface area contributed by atoms with Crippen LogP contribution in [0, 0.1) is 0 Å². The Bertz CT molecular complexity index is 1160. The van der Waals surface area contributed by atoms with E-state index in [9.17, 15) is 18.0 Å². The summed E-state index contributed by atoms with van der Waals surface area (Å²) in [5.41, 5.74) is 2.77. The fourth-order valence-electron chi connectivity index (χ4n) is 4.78. The molecule has 0 spiro atoms. The molecule has 0 unspecified atom stereocenters. The summed E-state index contributed by atoms with van der Waals surface area (Å²) in [6.45, 7) is 3.60. The van der Waals surface area contributed by atoms with Gasteiger partial charge in [0.2, 0.25) is 5.96 Å². The van der Waals surface area contributed by atoms with Crippen LogP contribution in [0.3, 0.4) is 0 Å². The number of hydrogen-bond donors (Lipinski definition) is 0. The number of carbonyl (C=O) groups excluding carboxylic acids is 1. The van der Waals surface area contributed by atoms with Gasteiger partial charge in [0.25, 0.3) is 5.91 Å². The molecule has 0 atom stereocenters. The first-order chi connectivity index (χ1) is 16.3. The van der Waals surface area contributed by atoms with Gasteiger partial charge in [-0.1, -0.05) is 35.9 Å². The van der Waals surface area contributed by atoms with Gasteiger partial charge in [0.15, 0.2) is 0 Å². The molecule has 5 nitrogen and oxygen atoms in total. The van der Waals surface area contributed by atoms with Crippen LogP contribution in [0.2, 0.25) is 5.02 Å². The lowest BCUT2D eigenvalue weighted by molar-refractivity contribution is -0.137. The van der Waals surface area contributed by atoms with Crippen LogP contribution in [0.4, 0.5) is 13.2 Å². The minimum absolute atomic E-state index is 0.123. The van der Waals surface area contributed by atoms with Crippen molar-refractivity contribution in [2.75, 3.05) is 26.2 Å². The van der Waals surface area contributed by atoms with Gasteiger partial charge in [-0.15, -0.1) is 0 Å². The van der Waals surface area contributed by atoms with E-state index in [2.05, 4.69) is 14.8 Å². The standard InChI is InChI=1S/C25H24ClF3N4O/c26-20-4-1-3-18(13-20)14-31-12-9-22-21(16-31)23(34)33(24-30-10-2-11-32(22)24)15-17-5-7-19(8-6-17)25(27,28)29/h1,3-8,13H,2,9-12,14-16H2. The van der Waals surface area contributed by atoms with Crippen molar-refractivity contribution in [3.05, 3.63) is 81.5 Å². The summed E-state index contributed by atoms with van der Waals surface area (Å²) in [6.07, 6.45) is -2.75. The number of rotatable bonds is 4. The van der Waals surface area contributed by atoms with Gasteiger partial charge < -0.3 is 4.90 Å². The van der Waals surface area contributed by atoms with E-state index < -0.39 is 11.7 Å². The molecule has 0 aliphatic carbocycles. The molecule has 0 fully saturated rings. The number of nitrogens with zero attached hydrogens (tertiary/aromatic N) is 4. The molecule has 3 heterocycles. The third-order valence-corrected chi connectivity index (χ3v) is 6.65. The molecule has 0 saturated heterocycles. The van der Waals surface area contributed by atoms with Crippen molar-refractivity contribution in [1.29, 1.82) is 0 Å². The Morgan fingerprint density at radius 1 is 1.00 bits per heavy atom. The summed E-state index contributed by atoms with van der Waals surface area (Å²) in [5, 5.41) is 0.681. The Balaban J connectivity index is 1.39. The van der Waals surface area contributed by atoms with Crippen LogP contribution in [-0.2, 0) is 24.1 Å². The summed E-state index contributed by atoms with van der Waals surface area (Å²) in [6, 6.07) is 12.7. The third kappa shape index (κ3) is 4.57. The molecule has 0 radical (unpaired) electrons. The van der Waals surface area contributed by atoms with Crippen LogP contribution in [-0.4, -0.2) is 52.7 Å². The first-order valence-corrected chi connectivity index (χ1v) is 11.7. The van der Waals surface area contributed by atoms with Crippen molar-refractivity contribution in [2.45, 2.75) is 32.1 Å². The predicted octanol–water partition coefficient (Wildman–Crippen LogP) is 4.92. The summed E-state index contributed by atoms with van der Waals surface area (Å²) >= 11 is 6.13. The van der Waals surface area contributed by atoms with E-state index >= 15 is 0 Å². The molecule has 0 aromatic heterocycles. The average Bonchev–Trinajstić information content (AvgIpc) is 2.81. The highest BCUT2D eigenvalue weighted by atomic mass is 35.5. The number of benzene rings is 2. The Morgan fingerprint density at radius 2 is 1.79 bits per heavy atom. The van der Waals surface area contributed by atoms with Gasteiger partial charge in [-0.3, -0.25) is 19.6 Å². The van der Waals surface area contributed by atoms with Crippen LogP contribution >= 0.6 is 11.6 Å². The lowest BCUT2D eigenvalue weighted by Gasteiger charge is -2.45. The van der Waals surface area contributed by atoms with Crippen LogP contribution in [0.15, 0.2) is 64.8 Å². The molecule has 34 heavy (non-hydrogen) atoms. The zero-order valence-corrected chi connectivity index (χ0v) is 19.2. The Morgan fingerprint density at radius 3 is 2.53 bits per heavy atom. The fourth-order valence-corrected chi connectivity index (χ4v) is 5.00. The maximum atomic E-state index is 13.6. The van der Waals surface area contributed by atoms with Crippen molar-refractivity contribution in [2.24, 2.45) is 4.99 Å². The summed E-state index contributed by atoms with van der Waals surface area (Å²) in [5.74, 6) is 0.487. The van der Waals surface area contributed by atoms with E-state index in [1.54, 1.807) is 4.90 Å². The molecule has 9 heteroatoms. The summed E-state index contributed by atoms with van der Waals surface area (Å²) < 4.78 is 38.9. The van der Waals surface area contributed by atoms with Gasteiger partial charge in [-0.05, 0) is 41.8 Å². The van der Waals surface area contributed by atoms with Crippen LogP contribution < -0.4 is 0 Å². The van der Waals surface area contributed by atoms with Crippen molar-refractivity contribution < 1.29 is 18.0 Å². The summed E-state index contributed by atoms with van der Waals surface area (Å²) in [4.78, 5) is 24.2. The quantitative estimate of drug-likeness (QED) is 0.613. The van der Waals surface area contributed by atoms with Gasteiger partial charge in [0.1, 0.15) is 0 Å². The molecule has 0 bridgehead atoms. The maximum Gasteiger partial charge on any atom is 0.416 e. The number of alkyl halides is 3. The topological polar surface area (TPSA) is 39.2 Å². The van der Waals surface area contributed by atoms with Crippen LogP contribution in [0.1, 0.15) is 29.5 Å². The molecule has 3 aliphatic rings. The number of aliphatic imine (C=N–C) groups is 1. The average molecular weight is 489 g/mol. The second kappa shape index (κ2) is 9.07. The highest BCUT2D eigenvalue weighted by Gasteiger charge is 2.40. The lowest BCUT2D eigenvalue weighted by Crippen LogP contribution is -2.56. The highest BCUT2D eigenvalue weighted by Crippen LogP contribution is 2.33. The molecule has 2 aromatic carbocycles. The van der Waals surface area contributed by atoms with E-state index in [0.717, 1.165) is 54.9 Å². The molecule has 2 aromatic rings. The Labute approximate surface area is 201 Å². The highest BCUT2D eigenvalue weighted by molar-refractivity contribution is 6.30. The number of hydrogen-bond acceptors (Lipinski definition) is 4. The van der Waals surface area contributed by atoms with Gasteiger partial charge in [-0.25, -0.2) is 0 Å². The molecule has 178 valence electrons. The number of amides is 1. The van der Waals surface area contributed by atoms with Gasteiger partial charge in [0, 0.05) is 49.9 Å². The van der Waals surface area contributed by atoms with Crippen LogP contribution in [0.25, 0.3) is 0 Å². The number of guanidine groups is 1. The Hall–Kier alpha value is -2.84. The van der Waals surface area contributed by atoms with E-state index in [1.807, 2.05) is 24.3 Å². The zero-order chi connectivity index (χ0) is 23.9. The molecule has 3 aliphatic heterocycles. The smallest absolute Gasteiger partial charge is 0.315 e. The first kappa shape index (κ1) is 22.9. The van der Waals surface area contributed by atoms with E-state index in [0.29, 0.717) is 36.2 Å². The SMILES string of the molecule is O=C1C2=C(CCN(Cc3cccc(Cl)c3)C2)N2CCCN=C2N1Cc1ccc(C(F)(F)F)cc1. The number of halogens is 4. The van der Waals surface area contributed by atoms with Gasteiger partial charge >= 0.3 is 6.18 Å². The normalized spacial score (nSPS) is 19.2. The van der Waals surface area contributed by atoms with Crippen molar-refractivity contribution >= 4 is 23.5 Å². The minimum Gasteiger partial charge on any atom is -0.315 e.